The summed E-state index contributed by atoms with van der Waals surface area (Å²) in [4.78, 5) is 17.7. The number of carbonyl (C=O) groups excluding carboxylic acids is 1. The SMILES string of the molecule is C=C(/C=C/c1cc(OC)c(OC(=O)CCCN(CC(C)CCCCCCCCCC)CC(O)CCCCCCCCCC)c(OC)c1)OCCCN(C)C. The van der Waals surface area contributed by atoms with Crippen LogP contribution in [0.4, 0.5) is 0 Å². The molecule has 1 N–H and O–H groups in total. The van der Waals surface area contributed by atoms with Crippen molar-refractivity contribution in [1.82, 2.24) is 9.80 Å². The monoisotopic (exact) mass is 759 g/mol. The van der Waals surface area contributed by atoms with Crippen LogP contribution in [0.2, 0.25) is 0 Å². The van der Waals surface area contributed by atoms with Crippen molar-refractivity contribution in [3.8, 4) is 17.2 Å². The van der Waals surface area contributed by atoms with Crippen LogP contribution in [0.15, 0.2) is 30.5 Å². The standard InChI is InChI=1S/C46H82N2O6/c1-9-11-13-15-17-19-21-23-27-39(3)37-48(38-42(49)28-24-22-20-18-16-14-12-10-2)33-25-29-45(50)54-46-43(51-7)35-41(36-44(46)52-8)31-30-40(4)53-34-26-32-47(5)6/h30-31,35-36,39,42,49H,4,9-29,32-34,37-38H2,1-3,5-8H3/b31-30+. The molecule has 0 fully saturated rings. The molecule has 0 spiro atoms. The first-order valence-electron chi connectivity index (χ1n) is 21.6. The third-order valence-electron chi connectivity index (χ3n) is 10.0. The maximum Gasteiger partial charge on any atom is 0.311 e. The minimum atomic E-state index is -0.347. The maximum absolute atomic E-state index is 13.2. The van der Waals surface area contributed by atoms with Crippen molar-refractivity contribution in [3.05, 3.63) is 36.1 Å². The Hall–Kier alpha value is -2.55. The molecule has 0 bridgehead atoms. The molecule has 8 heteroatoms. The number of aliphatic hydroxyl groups excluding tert-OH is 1. The van der Waals surface area contributed by atoms with Gasteiger partial charge in [0.1, 0.15) is 5.76 Å². The van der Waals surface area contributed by atoms with Crippen LogP contribution in [-0.2, 0) is 9.53 Å². The number of ether oxygens (including phenoxy) is 4. The summed E-state index contributed by atoms with van der Waals surface area (Å²) in [6, 6.07) is 3.62. The summed E-state index contributed by atoms with van der Waals surface area (Å²) in [7, 11) is 7.19. The fourth-order valence-electron chi connectivity index (χ4n) is 6.85. The highest BCUT2D eigenvalue weighted by Gasteiger charge is 2.19. The molecule has 0 aromatic heterocycles. The van der Waals surface area contributed by atoms with Crippen LogP contribution in [0.25, 0.3) is 6.08 Å². The zero-order chi connectivity index (χ0) is 39.8. The first-order valence-corrected chi connectivity index (χ1v) is 21.6. The van der Waals surface area contributed by atoms with Gasteiger partial charge in [0.2, 0.25) is 5.75 Å². The zero-order valence-electron chi connectivity index (χ0n) is 35.9. The first kappa shape index (κ1) is 49.5. The quantitative estimate of drug-likeness (QED) is 0.0238. The number of nitrogens with zero attached hydrogens (tertiary/aromatic N) is 2. The van der Waals surface area contributed by atoms with E-state index in [1.54, 1.807) is 14.2 Å². The van der Waals surface area contributed by atoms with Gasteiger partial charge in [-0.2, -0.15) is 0 Å². The van der Waals surface area contributed by atoms with E-state index >= 15 is 0 Å². The average molecular weight is 759 g/mol. The predicted molar refractivity (Wildman–Crippen MR) is 228 cm³/mol. The Morgan fingerprint density at radius 1 is 0.759 bits per heavy atom. The Kier molecular flexibility index (Phi) is 29.9. The molecular formula is C46H82N2O6. The molecule has 1 aromatic rings. The molecule has 0 amide bonds. The summed E-state index contributed by atoms with van der Waals surface area (Å²) in [5.74, 6) is 1.89. The fourth-order valence-corrected chi connectivity index (χ4v) is 6.85. The largest absolute Gasteiger partial charge is 0.494 e. The van der Waals surface area contributed by atoms with Gasteiger partial charge in [0.25, 0.3) is 0 Å². The van der Waals surface area contributed by atoms with Gasteiger partial charge in [0.05, 0.1) is 26.9 Å². The summed E-state index contributed by atoms with van der Waals surface area (Å²) in [5.41, 5.74) is 0.809. The third kappa shape index (κ3) is 25.5. The van der Waals surface area contributed by atoms with Crippen LogP contribution in [0, 0.1) is 5.92 Å². The summed E-state index contributed by atoms with van der Waals surface area (Å²) < 4.78 is 22.8. The number of esters is 1. The van der Waals surface area contributed by atoms with E-state index in [1.807, 2.05) is 38.4 Å². The molecule has 1 rings (SSSR count). The minimum absolute atomic E-state index is 0.260. The fraction of sp³-hybridized carbons (Fsp3) is 0.761. The smallest absolute Gasteiger partial charge is 0.311 e. The highest BCUT2D eigenvalue weighted by Crippen LogP contribution is 2.39. The Balaban J connectivity index is 2.74. The van der Waals surface area contributed by atoms with Gasteiger partial charge in [-0.25, -0.2) is 0 Å². The molecular weight excluding hydrogens is 677 g/mol. The number of aliphatic hydroxyl groups is 1. The van der Waals surface area contributed by atoms with Crippen molar-refractivity contribution in [3.63, 3.8) is 0 Å². The molecule has 0 saturated carbocycles. The van der Waals surface area contributed by atoms with Crippen molar-refractivity contribution in [1.29, 1.82) is 0 Å². The van der Waals surface area contributed by atoms with Gasteiger partial charge in [0, 0.05) is 26.1 Å². The van der Waals surface area contributed by atoms with E-state index in [2.05, 4.69) is 37.1 Å². The maximum atomic E-state index is 13.2. The van der Waals surface area contributed by atoms with Crippen LogP contribution in [0.1, 0.15) is 161 Å². The summed E-state index contributed by atoms with van der Waals surface area (Å²) in [5, 5.41) is 11.0. The number of hydrogen-bond donors (Lipinski definition) is 1. The van der Waals surface area contributed by atoms with E-state index < -0.39 is 0 Å². The topological polar surface area (TPSA) is 80.7 Å². The second-order valence-electron chi connectivity index (χ2n) is 15.7. The summed E-state index contributed by atoms with van der Waals surface area (Å²) in [6.45, 7) is 14.7. The van der Waals surface area contributed by atoms with Crippen molar-refractivity contribution >= 4 is 12.0 Å². The number of allylic oxidation sites excluding steroid dienone is 1. The van der Waals surface area contributed by atoms with Gasteiger partial charge < -0.3 is 33.9 Å². The van der Waals surface area contributed by atoms with Crippen molar-refractivity contribution in [2.45, 2.75) is 162 Å². The lowest BCUT2D eigenvalue weighted by atomic mass is 10.00. The number of hydrogen-bond acceptors (Lipinski definition) is 8. The second-order valence-corrected chi connectivity index (χ2v) is 15.7. The van der Waals surface area contributed by atoms with Crippen LogP contribution >= 0.6 is 0 Å². The van der Waals surface area contributed by atoms with E-state index in [0.29, 0.717) is 42.7 Å². The van der Waals surface area contributed by atoms with Crippen LogP contribution in [-0.4, -0.2) is 88.1 Å². The Morgan fingerprint density at radius 3 is 1.83 bits per heavy atom. The van der Waals surface area contributed by atoms with E-state index in [9.17, 15) is 9.90 Å². The molecule has 8 nitrogen and oxygen atoms in total. The van der Waals surface area contributed by atoms with Crippen LogP contribution in [0.3, 0.4) is 0 Å². The molecule has 1 aromatic carbocycles. The molecule has 54 heavy (non-hydrogen) atoms. The van der Waals surface area contributed by atoms with Crippen molar-refractivity contribution < 1.29 is 28.8 Å². The molecule has 0 radical (unpaired) electrons. The summed E-state index contributed by atoms with van der Waals surface area (Å²) in [6.07, 6.45) is 27.9. The van der Waals surface area contributed by atoms with Gasteiger partial charge in [0.15, 0.2) is 11.5 Å². The lowest BCUT2D eigenvalue weighted by Gasteiger charge is -2.28. The predicted octanol–water partition coefficient (Wildman–Crippen LogP) is 11.2. The van der Waals surface area contributed by atoms with E-state index in [-0.39, 0.29) is 24.2 Å². The normalized spacial score (nSPS) is 12.8. The van der Waals surface area contributed by atoms with Gasteiger partial charge in [-0.05, 0) is 76.0 Å². The number of methoxy groups -OCH3 is 2. The molecule has 0 aliphatic heterocycles. The van der Waals surface area contributed by atoms with E-state index in [4.69, 9.17) is 18.9 Å². The molecule has 0 aliphatic carbocycles. The number of rotatable bonds is 36. The highest BCUT2D eigenvalue weighted by molar-refractivity contribution is 5.75. The zero-order valence-corrected chi connectivity index (χ0v) is 35.9. The van der Waals surface area contributed by atoms with Crippen LogP contribution in [0.5, 0.6) is 17.2 Å². The minimum Gasteiger partial charge on any atom is -0.494 e. The van der Waals surface area contributed by atoms with Gasteiger partial charge in [-0.3, -0.25) is 4.79 Å². The van der Waals surface area contributed by atoms with E-state index in [0.717, 1.165) is 44.5 Å². The van der Waals surface area contributed by atoms with Gasteiger partial charge >= 0.3 is 5.97 Å². The molecule has 2 unspecified atom stereocenters. The molecule has 0 aliphatic rings. The number of carbonyl (C=O) groups is 1. The molecule has 0 heterocycles. The van der Waals surface area contributed by atoms with Crippen LogP contribution < -0.4 is 14.2 Å². The first-order chi connectivity index (χ1) is 26.1. The number of unbranched alkanes of at least 4 members (excludes halogenated alkanes) is 14. The third-order valence-corrected chi connectivity index (χ3v) is 10.0. The Bertz CT molecular complexity index is 1070. The Morgan fingerprint density at radius 2 is 1.30 bits per heavy atom. The number of benzene rings is 1. The second kappa shape index (κ2) is 32.7. The highest BCUT2D eigenvalue weighted by atomic mass is 16.6. The Labute approximate surface area is 332 Å². The molecule has 2 atom stereocenters. The molecule has 0 saturated heterocycles. The molecule has 312 valence electrons. The van der Waals surface area contributed by atoms with Crippen molar-refractivity contribution in [2.75, 3.05) is 61.1 Å². The average Bonchev–Trinajstić information content (AvgIpc) is 3.14. The lowest BCUT2D eigenvalue weighted by Crippen LogP contribution is -2.36. The lowest BCUT2D eigenvalue weighted by molar-refractivity contribution is -0.134. The van der Waals surface area contributed by atoms with Gasteiger partial charge in [-0.15, -0.1) is 0 Å². The van der Waals surface area contributed by atoms with Crippen molar-refractivity contribution in [2.24, 2.45) is 5.92 Å². The van der Waals surface area contributed by atoms with E-state index in [1.165, 1.54) is 103 Å². The van der Waals surface area contributed by atoms with Gasteiger partial charge in [-0.1, -0.05) is 136 Å². The summed E-state index contributed by atoms with van der Waals surface area (Å²) >= 11 is 0.